The third-order valence-corrected chi connectivity index (χ3v) is 7.42. The summed E-state index contributed by atoms with van der Waals surface area (Å²) in [4.78, 5) is 40.5. The van der Waals surface area contributed by atoms with Gasteiger partial charge in [0.15, 0.2) is 0 Å². The fourth-order valence-corrected chi connectivity index (χ4v) is 5.64. The third-order valence-electron chi connectivity index (χ3n) is 6.48. The zero-order valence-electron chi connectivity index (χ0n) is 18.0. The molecule has 164 valence electrons. The van der Waals surface area contributed by atoms with Gasteiger partial charge in [0.1, 0.15) is 0 Å². The lowest BCUT2D eigenvalue weighted by atomic mass is 9.81. The Kier molecular flexibility index (Phi) is 6.86. The molecule has 4 rings (SSSR count). The van der Waals surface area contributed by atoms with Crippen LogP contribution in [0.4, 0.5) is 0 Å². The zero-order chi connectivity index (χ0) is 21.8. The summed E-state index contributed by atoms with van der Waals surface area (Å²) >= 11 is 1.61. The van der Waals surface area contributed by atoms with Crippen molar-refractivity contribution in [2.24, 2.45) is 11.8 Å². The molecule has 1 saturated heterocycles. The lowest BCUT2D eigenvalue weighted by Gasteiger charge is -2.20. The van der Waals surface area contributed by atoms with E-state index >= 15 is 0 Å². The monoisotopic (exact) mass is 438 g/mol. The molecule has 2 aromatic rings. The van der Waals surface area contributed by atoms with Crippen LogP contribution < -0.4 is 5.32 Å². The number of nitrogens with zero attached hydrogens (tertiary/aromatic N) is 1. The summed E-state index contributed by atoms with van der Waals surface area (Å²) in [6, 6.07) is 12.2. The van der Waals surface area contributed by atoms with Gasteiger partial charge in [0.25, 0.3) is 0 Å². The largest absolute Gasteiger partial charge is 0.344 e. The fraction of sp³-hybridized carbons (Fsp3) is 0.480. The van der Waals surface area contributed by atoms with Crippen molar-refractivity contribution in [1.29, 1.82) is 0 Å². The summed E-state index contributed by atoms with van der Waals surface area (Å²) in [5.41, 5.74) is 2.32. The third kappa shape index (κ3) is 4.74. The van der Waals surface area contributed by atoms with Crippen LogP contribution in [0.25, 0.3) is 0 Å². The van der Waals surface area contributed by atoms with Crippen molar-refractivity contribution in [1.82, 2.24) is 10.2 Å². The van der Waals surface area contributed by atoms with Crippen LogP contribution >= 0.6 is 11.3 Å². The van der Waals surface area contributed by atoms with Crippen LogP contribution in [0.1, 0.15) is 67.5 Å². The average molecular weight is 439 g/mol. The first-order valence-electron chi connectivity index (χ1n) is 11.3. The van der Waals surface area contributed by atoms with Crippen LogP contribution in [0.5, 0.6) is 0 Å². The first-order chi connectivity index (χ1) is 15.1. The molecule has 1 aromatic heterocycles. The number of benzene rings is 1. The number of carbonyl (C=O) groups excluding carboxylic acids is 3. The Labute approximate surface area is 187 Å². The minimum absolute atomic E-state index is 0.0798. The molecule has 31 heavy (non-hydrogen) atoms. The Morgan fingerprint density at radius 3 is 2.35 bits per heavy atom. The summed E-state index contributed by atoms with van der Waals surface area (Å²) in [6.07, 6.45) is 5.88. The quantitative estimate of drug-likeness (QED) is 0.619. The van der Waals surface area contributed by atoms with Gasteiger partial charge in [-0.3, -0.25) is 19.3 Å². The number of thiophene rings is 1. The Balaban J connectivity index is 1.41. The van der Waals surface area contributed by atoms with Gasteiger partial charge in [-0.2, -0.15) is 0 Å². The second-order valence-electron chi connectivity index (χ2n) is 8.58. The van der Waals surface area contributed by atoms with Gasteiger partial charge in [0.2, 0.25) is 17.7 Å². The topological polar surface area (TPSA) is 66.5 Å². The van der Waals surface area contributed by atoms with Gasteiger partial charge in [-0.25, -0.2) is 0 Å². The summed E-state index contributed by atoms with van der Waals surface area (Å²) in [5.74, 6) is -0.631. The van der Waals surface area contributed by atoms with Gasteiger partial charge < -0.3 is 5.32 Å². The number of carbonyl (C=O) groups is 3. The van der Waals surface area contributed by atoms with E-state index in [1.54, 1.807) is 11.3 Å². The van der Waals surface area contributed by atoms with Crippen LogP contribution in [0, 0.1) is 11.8 Å². The highest BCUT2D eigenvalue weighted by atomic mass is 32.1. The fourth-order valence-electron chi connectivity index (χ4n) is 4.84. The smallest absolute Gasteiger partial charge is 0.233 e. The van der Waals surface area contributed by atoms with Crippen LogP contribution in [0.15, 0.2) is 41.8 Å². The second kappa shape index (κ2) is 9.77. The van der Waals surface area contributed by atoms with E-state index in [1.807, 2.05) is 17.5 Å². The summed E-state index contributed by atoms with van der Waals surface area (Å²) in [7, 11) is 0. The molecular formula is C25H30N2O3S. The summed E-state index contributed by atoms with van der Waals surface area (Å²) in [5, 5.41) is 5.13. The Bertz CT molecular complexity index is 899. The maximum absolute atomic E-state index is 12.8. The van der Waals surface area contributed by atoms with Crippen molar-refractivity contribution >= 4 is 29.1 Å². The molecule has 6 heteroatoms. The van der Waals surface area contributed by atoms with E-state index in [4.69, 9.17) is 0 Å². The molecular weight excluding hydrogens is 408 g/mol. The molecule has 1 aliphatic carbocycles. The van der Waals surface area contributed by atoms with Crippen molar-refractivity contribution in [3.8, 4) is 0 Å². The number of likely N-dealkylation sites (tertiary alicyclic amines) is 1. The molecule has 2 heterocycles. The summed E-state index contributed by atoms with van der Waals surface area (Å²) < 4.78 is 0. The Morgan fingerprint density at radius 2 is 1.77 bits per heavy atom. The minimum atomic E-state index is -0.226. The van der Waals surface area contributed by atoms with Gasteiger partial charge in [0, 0.05) is 17.8 Å². The van der Waals surface area contributed by atoms with E-state index in [0.29, 0.717) is 0 Å². The van der Waals surface area contributed by atoms with Crippen molar-refractivity contribution in [3.63, 3.8) is 0 Å². The number of rotatable bonds is 8. The van der Waals surface area contributed by atoms with E-state index in [9.17, 15) is 14.4 Å². The van der Waals surface area contributed by atoms with E-state index < -0.39 is 0 Å². The molecule has 2 fully saturated rings. The maximum atomic E-state index is 12.8. The molecule has 3 unspecified atom stereocenters. The van der Waals surface area contributed by atoms with Crippen LogP contribution in [-0.2, 0) is 20.8 Å². The van der Waals surface area contributed by atoms with Gasteiger partial charge in [-0.1, -0.05) is 56.5 Å². The van der Waals surface area contributed by atoms with E-state index in [0.717, 1.165) is 49.0 Å². The lowest BCUT2D eigenvalue weighted by Crippen LogP contribution is -2.36. The van der Waals surface area contributed by atoms with Gasteiger partial charge >= 0.3 is 0 Å². The number of imide groups is 1. The van der Waals surface area contributed by atoms with Crippen molar-refractivity contribution in [3.05, 3.63) is 57.8 Å². The molecule has 0 spiro atoms. The Hall–Kier alpha value is -2.47. The zero-order valence-corrected chi connectivity index (χ0v) is 18.8. The number of amides is 3. The standard InChI is InChI=1S/C25H30N2O3S/c1-2-6-17-10-12-18(13-11-17)23(21-9-5-16-31-21)26-22(28)14-15-27-24(29)19-7-3-4-8-20(19)25(27)30/h5,9-13,16,19-20,23H,2-4,6-8,14-15H2,1H3,(H,26,28). The van der Waals surface area contributed by atoms with E-state index in [1.165, 1.54) is 10.5 Å². The summed E-state index contributed by atoms with van der Waals surface area (Å²) in [6.45, 7) is 2.33. The van der Waals surface area contributed by atoms with Crippen LogP contribution in [0.3, 0.4) is 0 Å². The molecule has 5 nitrogen and oxygen atoms in total. The molecule has 3 atom stereocenters. The number of nitrogens with one attached hydrogen (secondary N) is 1. The van der Waals surface area contributed by atoms with Crippen molar-refractivity contribution < 1.29 is 14.4 Å². The predicted octanol–water partition coefficient (Wildman–Crippen LogP) is 4.47. The molecule has 1 aliphatic heterocycles. The lowest BCUT2D eigenvalue weighted by molar-refractivity contribution is -0.140. The number of fused-ring (bicyclic) bond motifs is 1. The van der Waals surface area contributed by atoms with E-state index in [2.05, 4.69) is 36.5 Å². The molecule has 3 amide bonds. The minimum Gasteiger partial charge on any atom is -0.344 e. The molecule has 1 aromatic carbocycles. The maximum Gasteiger partial charge on any atom is 0.233 e. The van der Waals surface area contributed by atoms with Crippen molar-refractivity contribution in [2.75, 3.05) is 6.54 Å². The van der Waals surface area contributed by atoms with Gasteiger partial charge in [-0.05, 0) is 41.8 Å². The molecule has 1 N–H and O–H groups in total. The number of aryl methyl sites for hydroxylation is 1. The highest BCUT2D eigenvalue weighted by Crippen LogP contribution is 2.38. The molecule has 2 aliphatic rings. The first kappa shape index (κ1) is 21.8. The SMILES string of the molecule is CCCc1ccc(C(NC(=O)CCN2C(=O)C3CCCCC3C2=O)c2cccs2)cc1. The molecule has 0 bridgehead atoms. The van der Waals surface area contributed by atoms with Gasteiger partial charge in [-0.15, -0.1) is 11.3 Å². The molecule has 1 saturated carbocycles. The highest BCUT2D eigenvalue weighted by Gasteiger charge is 2.47. The van der Waals surface area contributed by atoms with Crippen molar-refractivity contribution in [2.45, 2.75) is 57.9 Å². The van der Waals surface area contributed by atoms with E-state index in [-0.39, 0.29) is 48.6 Å². The first-order valence-corrected chi connectivity index (χ1v) is 12.2. The molecule has 0 radical (unpaired) electrons. The normalized spacial score (nSPS) is 21.8. The van der Waals surface area contributed by atoms with Crippen LogP contribution in [0.2, 0.25) is 0 Å². The van der Waals surface area contributed by atoms with Gasteiger partial charge in [0.05, 0.1) is 17.9 Å². The number of hydrogen-bond donors (Lipinski definition) is 1. The average Bonchev–Trinajstić information content (AvgIpc) is 3.40. The van der Waals surface area contributed by atoms with Crippen LogP contribution in [-0.4, -0.2) is 29.2 Å². The number of hydrogen-bond acceptors (Lipinski definition) is 4. The highest BCUT2D eigenvalue weighted by molar-refractivity contribution is 7.10. The predicted molar refractivity (Wildman–Crippen MR) is 122 cm³/mol. The Morgan fingerprint density at radius 1 is 1.10 bits per heavy atom. The second-order valence-corrected chi connectivity index (χ2v) is 9.56.